The molecular weight excluding hydrogens is 372 g/mol. The highest BCUT2D eigenvalue weighted by molar-refractivity contribution is 6.29. The van der Waals surface area contributed by atoms with Crippen molar-refractivity contribution in [3.63, 3.8) is 0 Å². The Kier molecular flexibility index (Phi) is 2.74. The van der Waals surface area contributed by atoms with E-state index in [-0.39, 0.29) is 11.6 Å². The number of para-hydroxylation sites is 2. The van der Waals surface area contributed by atoms with Crippen molar-refractivity contribution in [3.05, 3.63) is 71.0 Å². The number of aryl methyl sites for hydroxylation is 2. The van der Waals surface area contributed by atoms with Gasteiger partial charge in [-0.1, -0.05) is 49.2 Å². The van der Waals surface area contributed by atoms with Crippen LogP contribution in [0.3, 0.4) is 0 Å². The molecule has 2 aromatic carbocycles. The molecule has 1 fully saturated rings. The van der Waals surface area contributed by atoms with Crippen molar-refractivity contribution in [2.45, 2.75) is 36.5 Å². The Morgan fingerprint density at radius 1 is 0.667 bits per heavy atom. The van der Waals surface area contributed by atoms with Crippen LogP contribution in [0.4, 0.5) is 0 Å². The first-order chi connectivity index (χ1) is 14.6. The predicted octanol–water partition coefficient (Wildman–Crippen LogP) is 4.81. The summed E-state index contributed by atoms with van der Waals surface area (Å²) in [5.74, 6) is 0.304. The van der Waals surface area contributed by atoms with Crippen LogP contribution in [-0.2, 0) is 24.9 Å². The van der Waals surface area contributed by atoms with E-state index in [1.165, 1.54) is 0 Å². The molecule has 3 aliphatic carbocycles. The molecule has 4 aromatic rings. The third kappa shape index (κ3) is 1.39. The van der Waals surface area contributed by atoms with Gasteiger partial charge in [0.05, 0.1) is 22.2 Å². The van der Waals surface area contributed by atoms with Crippen LogP contribution >= 0.6 is 0 Å². The second kappa shape index (κ2) is 4.94. The van der Waals surface area contributed by atoms with Crippen LogP contribution in [0.5, 0.6) is 0 Å². The number of nitrogens with zero attached hydrogens (tertiary/aromatic N) is 2. The van der Waals surface area contributed by atoms with Gasteiger partial charge in [0.2, 0.25) is 0 Å². The predicted molar refractivity (Wildman–Crippen MR) is 116 cm³/mol. The first-order valence-corrected chi connectivity index (χ1v) is 10.8. The molecule has 0 aliphatic heterocycles. The molecule has 0 saturated heterocycles. The monoisotopic (exact) mass is 394 g/mol. The molecule has 7 rings (SSSR count). The second-order valence-electron chi connectivity index (χ2n) is 9.28. The minimum Gasteiger partial charge on any atom is -0.341 e. The average Bonchev–Trinajstić information content (AvgIpc) is 3.40. The van der Waals surface area contributed by atoms with E-state index in [1.54, 1.807) is 0 Å². The Bertz CT molecular complexity index is 1360. The summed E-state index contributed by atoms with van der Waals surface area (Å²) in [5.41, 5.74) is 4.06. The maximum absolute atomic E-state index is 14.4. The molecule has 0 spiro atoms. The Hall–Kier alpha value is -3.14. The van der Waals surface area contributed by atoms with Gasteiger partial charge in [-0.05, 0) is 25.0 Å². The molecule has 1 saturated carbocycles. The van der Waals surface area contributed by atoms with E-state index in [4.69, 9.17) is 0 Å². The lowest BCUT2D eigenvalue weighted by molar-refractivity contribution is 0.0658. The van der Waals surface area contributed by atoms with Gasteiger partial charge in [0.15, 0.2) is 11.6 Å². The van der Waals surface area contributed by atoms with Crippen molar-refractivity contribution in [2.24, 2.45) is 14.1 Å². The topological polar surface area (TPSA) is 44.0 Å². The average molecular weight is 394 g/mol. The summed E-state index contributed by atoms with van der Waals surface area (Å²) < 4.78 is 4.08. The third-order valence-corrected chi connectivity index (χ3v) is 8.35. The molecule has 0 bridgehead atoms. The smallest absolute Gasteiger partial charge is 0.191 e. The number of carbonyl (C=O) groups excluding carboxylic acids is 2. The van der Waals surface area contributed by atoms with Crippen molar-refractivity contribution < 1.29 is 9.59 Å². The van der Waals surface area contributed by atoms with Gasteiger partial charge in [-0.15, -0.1) is 0 Å². The minimum atomic E-state index is -0.759. The van der Waals surface area contributed by atoms with E-state index in [9.17, 15) is 9.59 Å². The van der Waals surface area contributed by atoms with Gasteiger partial charge in [0.1, 0.15) is 0 Å². The van der Waals surface area contributed by atoms with E-state index >= 15 is 0 Å². The fourth-order valence-corrected chi connectivity index (χ4v) is 7.31. The SMILES string of the molecule is Cn1c2c(c3ccccc31)C13CCCCC1(C2=O)c1c(n(C)c2ccccc12)C3=O. The van der Waals surface area contributed by atoms with Gasteiger partial charge in [-0.2, -0.15) is 0 Å². The number of rotatable bonds is 0. The summed E-state index contributed by atoms with van der Waals surface area (Å²) in [6.07, 6.45) is 3.47. The standard InChI is InChI=1S/C26H22N2O2/c1-27-17-11-5-3-9-15(17)19-21(27)23(29)26-14-8-7-13-25(19,26)24(30)22-20(26)16-10-4-6-12-18(16)28(22)2/h3-6,9-12H,7-8,13-14H2,1-2H3. The summed E-state index contributed by atoms with van der Waals surface area (Å²) in [4.78, 5) is 28.8. The second-order valence-corrected chi connectivity index (χ2v) is 9.28. The number of aromatic nitrogens is 2. The molecule has 4 heteroatoms. The van der Waals surface area contributed by atoms with Gasteiger partial charge in [0.25, 0.3) is 0 Å². The molecule has 2 unspecified atom stereocenters. The number of benzene rings is 2. The van der Waals surface area contributed by atoms with E-state index in [2.05, 4.69) is 24.3 Å². The van der Waals surface area contributed by atoms with Gasteiger partial charge in [-0.25, -0.2) is 0 Å². The Balaban J connectivity index is 1.71. The zero-order valence-corrected chi connectivity index (χ0v) is 17.2. The first kappa shape index (κ1) is 16.6. The number of hydrogen-bond acceptors (Lipinski definition) is 2. The summed E-state index contributed by atoms with van der Waals surface area (Å²) in [6.45, 7) is 0. The van der Waals surface area contributed by atoms with Crippen LogP contribution in [-0.4, -0.2) is 20.7 Å². The van der Waals surface area contributed by atoms with Gasteiger partial charge in [0, 0.05) is 47.0 Å². The Morgan fingerprint density at radius 2 is 1.07 bits per heavy atom. The lowest BCUT2D eigenvalue weighted by Gasteiger charge is -2.43. The maximum atomic E-state index is 14.4. The molecule has 3 aliphatic rings. The highest BCUT2D eigenvalue weighted by Gasteiger charge is 2.74. The normalized spacial score (nSPS) is 26.9. The lowest BCUT2D eigenvalue weighted by Crippen LogP contribution is -2.51. The molecule has 0 N–H and O–H groups in total. The molecule has 2 aromatic heterocycles. The quantitative estimate of drug-likeness (QED) is 0.429. The van der Waals surface area contributed by atoms with Crippen molar-refractivity contribution in [2.75, 3.05) is 0 Å². The molecule has 0 radical (unpaired) electrons. The zero-order chi connectivity index (χ0) is 20.4. The molecular formula is C26H22N2O2. The molecule has 148 valence electrons. The van der Waals surface area contributed by atoms with E-state index in [0.717, 1.165) is 70.0 Å². The van der Waals surface area contributed by atoms with Crippen LogP contribution in [0.1, 0.15) is 57.8 Å². The summed E-state index contributed by atoms with van der Waals surface area (Å²) in [6, 6.07) is 16.4. The van der Waals surface area contributed by atoms with Crippen molar-refractivity contribution in [1.82, 2.24) is 9.13 Å². The summed E-state index contributed by atoms with van der Waals surface area (Å²) in [7, 11) is 3.96. The van der Waals surface area contributed by atoms with Crippen LogP contribution in [0.2, 0.25) is 0 Å². The molecule has 4 nitrogen and oxygen atoms in total. The van der Waals surface area contributed by atoms with Crippen LogP contribution < -0.4 is 0 Å². The number of carbonyl (C=O) groups is 2. The van der Waals surface area contributed by atoms with Gasteiger partial charge >= 0.3 is 0 Å². The Morgan fingerprint density at radius 3 is 1.50 bits per heavy atom. The molecule has 0 amide bonds. The van der Waals surface area contributed by atoms with Crippen LogP contribution in [0, 0.1) is 0 Å². The molecule has 30 heavy (non-hydrogen) atoms. The number of ketones is 2. The number of hydrogen-bond donors (Lipinski definition) is 0. The molecule has 2 heterocycles. The van der Waals surface area contributed by atoms with E-state index < -0.39 is 10.8 Å². The minimum absolute atomic E-state index is 0.152. The van der Waals surface area contributed by atoms with Gasteiger partial charge < -0.3 is 9.13 Å². The highest BCUT2D eigenvalue weighted by Crippen LogP contribution is 2.68. The van der Waals surface area contributed by atoms with Gasteiger partial charge in [-0.3, -0.25) is 9.59 Å². The summed E-state index contributed by atoms with van der Waals surface area (Å²) in [5, 5.41) is 2.13. The van der Waals surface area contributed by atoms with E-state index in [0.29, 0.717) is 0 Å². The van der Waals surface area contributed by atoms with Crippen molar-refractivity contribution in [1.29, 1.82) is 0 Å². The largest absolute Gasteiger partial charge is 0.341 e. The van der Waals surface area contributed by atoms with Crippen molar-refractivity contribution >= 4 is 33.4 Å². The fraction of sp³-hybridized carbons (Fsp3) is 0.308. The summed E-state index contributed by atoms with van der Waals surface area (Å²) >= 11 is 0. The van der Waals surface area contributed by atoms with Crippen LogP contribution in [0.25, 0.3) is 21.8 Å². The third-order valence-electron chi connectivity index (χ3n) is 8.35. The van der Waals surface area contributed by atoms with Crippen molar-refractivity contribution in [3.8, 4) is 0 Å². The fourth-order valence-electron chi connectivity index (χ4n) is 7.31. The number of Topliss-reactive ketones (excluding diaryl/α,β-unsaturated/α-hetero) is 2. The zero-order valence-electron chi connectivity index (χ0n) is 17.2. The Labute approximate surface area is 174 Å². The molecule has 2 atom stereocenters. The first-order valence-electron chi connectivity index (χ1n) is 10.8. The number of fused-ring (bicyclic) bond motifs is 6. The lowest BCUT2D eigenvalue weighted by atomic mass is 9.55. The highest BCUT2D eigenvalue weighted by atomic mass is 16.1. The van der Waals surface area contributed by atoms with E-state index in [1.807, 2.05) is 47.5 Å². The maximum Gasteiger partial charge on any atom is 0.191 e. The van der Waals surface area contributed by atoms with Crippen LogP contribution in [0.15, 0.2) is 48.5 Å².